The molecule has 4 aliphatic rings. The summed E-state index contributed by atoms with van der Waals surface area (Å²) in [7, 11) is 3.11. The maximum atomic E-state index is 18.3. The maximum absolute atomic E-state index is 18.3. The van der Waals surface area contributed by atoms with Crippen LogP contribution in [0.15, 0.2) is 90.4 Å². The molecule has 2 bridgehead atoms. The lowest BCUT2D eigenvalue weighted by molar-refractivity contribution is -0.144. The van der Waals surface area contributed by atoms with Crippen LogP contribution in [-0.4, -0.2) is 159 Å². The minimum atomic E-state index is -5.01. The number of aromatic nitrogens is 4. The number of unbranched alkanes of at least 4 members (excludes halogenated alkanes) is 3. The van der Waals surface area contributed by atoms with Crippen molar-refractivity contribution in [1.29, 1.82) is 0 Å². The number of nitrogens with one attached hydrogen (secondary N) is 2. The van der Waals surface area contributed by atoms with E-state index in [2.05, 4.69) is 25.5 Å². The standard InChI is InChI=1S/C77H94ClF4N11O9S/c1-45-35-61(90(38-48-19-29-56(99-10)30-20-48)39-49-21-31-57(100-11)32-22-49)85-67(64(45)77(80,81)82)63-59(78)37-58-66(65(63)79)87-73(88-70(58)91-40-52-27-28-53(41-91)93(52)74(98)102-76(7,8)9)101-43-54-17-16-34-89(54)33-15-13-12-14-18-62(95)86-69(75(4,5)6)72(97)92-42-55(94)36-60(92)71(96)84-46(2)50-23-25-51(26-24-50)68-47(3)83-44-103-68/h19-26,29-32,35,37,44,46,52-55,60,69,94H,12-18,27-28,33-34,36,38-43H2,1-11H3,(H,84,96)(H,86,95)/t46-,52?,53?,54?,55+,60-,69?/m0/s1. The van der Waals surface area contributed by atoms with E-state index in [0.717, 1.165) is 71.5 Å². The first kappa shape index (κ1) is 75.8. The van der Waals surface area contributed by atoms with E-state index in [4.69, 9.17) is 40.5 Å². The monoisotopic (exact) mass is 1460 g/mol. The van der Waals surface area contributed by atoms with Gasteiger partial charge in [-0.15, -0.1) is 11.3 Å². The molecular weight excluding hydrogens is 1370 g/mol. The van der Waals surface area contributed by atoms with Gasteiger partial charge < -0.3 is 49.4 Å². The van der Waals surface area contributed by atoms with Crippen molar-refractivity contribution in [1.82, 2.24) is 45.3 Å². The molecule has 552 valence electrons. The molecule has 4 fully saturated rings. The third-order valence-electron chi connectivity index (χ3n) is 19.9. The molecular formula is C77H94ClF4N11O9S. The van der Waals surface area contributed by atoms with Crippen LogP contribution in [0.4, 0.5) is 34.0 Å². The number of aliphatic hydroxyl groups is 1. The number of methoxy groups -OCH3 is 2. The van der Waals surface area contributed by atoms with Gasteiger partial charge in [0, 0.05) is 57.0 Å². The number of benzene rings is 4. The largest absolute Gasteiger partial charge is 0.497 e. The summed E-state index contributed by atoms with van der Waals surface area (Å²) in [6.45, 7) is 18.7. The van der Waals surface area contributed by atoms with Gasteiger partial charge in [0.25, 0.3) is 0 Å². The van der Waals surface area contributed by atoms with Gasteiger partial charge in [-0.1, -0.05) is 93.7 Å². The second-order valence-electron chi connectivity index (χ2n) is 29.7. The molecule has 0 spiro atoms. The highest BCUT2D eigenvalue weighted by molar-refractivity contribution is 7.13. The molecule has 4 unspecified atom stereocenters. The Morgan fingerprint density at radius 2 is 1.45 bits per heavy atom. The number of amides is 4. The Morgan fingerprint density at radius 1 is 0.806 bits per heavy atom. The normalized spacial score (nSPS) is 19.2. The first-order valence-corrected chi connectivity index (χ1v) is 36.7. The highest BCUT2D eigenvalue weighted by Crippen LogP contribution is 2.47. The third-order valence-corrected chi connectivity index (χ3v) is 21.2. The van der Waals surface area contributed by atoms with Gasteiger partial charge >= 0.3 is 18.3 Å². The van der Waals surface area contributed by atoms with E-state index in [-0.39, 0.29) is 127 Å². The Hall–Kier alpha value is -8.39. The van der Waals surface area contributed by atoms with Crippen molar-refractivity contribution < 1.29 is 60.8 Å². The van der Waals surface area contributed by atoms with Crippen molar-refractivity contribution in [2.45, 2.75) is 194 Å². The number of carbonyl (C=O) groups is 4. The molecule has 11 rings (SSSR count). The van der Waals surface area contributed by atoms with Crippen LogP contribution in [0.3, 0.4) is 0 Å². The number of fused-ring (bicyclic) bond motifs is 3. The minimum Gasteiger partial charge on any atom is -0.497 e. The van der Waals surface area contributed by atoms with Gasteiger partial charge in [0.05, 0.1) is 76.4 Å². The number of likely N-dealkylation sites (tertiary alicyclic amines) is 2. The lowest BCUT2D eigenvalue weighted by Gasteiger charge is -2.42. The molecule has 26 heteroatoms. The number of nitrogens with zero attached hydrogens (tertiary/aromatic N) is 9. The maximum Gasteiger partial charge on any atom is 0.418 e. The molecule has 20 nitrogen and oxygen atoms in total. The molecule has 7 aromatic rings. The summed E-state index contributed by atoms with van der Waals surface area (Å²) in [6, 6.07) is 22.1. The van der Waals surface area contributed by atoms with Gasteiger partial charge in [0.1, 0.15) is 52.9 Å². The third kappa shape index (κ3) is 17.9. The first-order chi connectivity index (χ1) is 48.9. The number of thiazole rings is 1. The van der Waals surface area contributed by atoms with Crippen LogP contribution in [0.1, 0.15) is 152 Å². The zero-order valence-corrected chi connectivity index (χ0v) is 62.0. The van der Waals surface area contributed by atoms with Crippen molar-refractivity contribution in [3.8, 4) is 39.2 Å². The number of anilines is 2. The molecule has 4 amide bonds. The van der Waals surface area contributed by atoms with Crippen molar-refractivity contribution in [2.24, 2.45) is 5.41 Å². The van der Waals surface area contributed by atoms with Gasteiger partial charge in [-0.05, 0) is 163 Å². The van der Waals surface area contributed by atoms with Crippen LogP contribution in [-0.2, 0) is 38.4 Å². The molecule has 0 aliphatic carbocycles. The number of β-amino-alcohol motifs (C(OH)–C–C–N with tert-alkyl or cyclic N) is 1. The molecule has 3 aromatic heterocycles. The van der Waals surface area contributed by atoms with E-state index in [1.165, 1.54) is 24.0 Å². The van der Waals surface area contributed by atoms with Gasteiger partial charge in [0.15, 0.2) is 5.82 Å². The number of aliphatic hydroxyl groups excluding tert-OH is 1. The van der Waals surface area contributed by atoms with Crippen molar-refractivity contribution in [3.63, 3.8) is 0 Å². The van der Waals surface area contributed by atoms with E-state index in [1.807, 2.05) is 119 Å². The van der Waals surface area contributed by atoms with E-state index >= 15 is 17.6 Å². The summed E-state index contributed by atoms with van der Waals surface area (Å²) in [4.78, 5) is 84.7. The SMILES string of the molecule is COc1ccc(CN(Cc2ccc(OC)cc2)c2cc(C)c(C(F)(F)F)c(-c3c(Cl)cc4c(N5CC6CCC(C5)N6C(=O)OC(C)(C)C)nc(OCC5CCCN5CCCCCCC(=O)NC(C(=O)N5C[C@H](O)C[C@H]5C(=O)N[C@@H](C)c5ccc(-c6scnc6C)cc5)C(C)(C)C)nc4c3F)n2)cc1. The number of ether oxygens (including phenoxy) is 4. The summed E-state index contributed by atoms with van der Waals surface area (Å²) in [5.41, 5.74) is 1.77. The highest BCUT2D eigenvalue weighted by Gasteiger charge is 2.47. The fourth-order valence-electron chi connectivity index (χ4n) is 14.6. The second-order valence-corrected chi connectivity index (χ2v) is 31.0. The fourth-order valence-corrected chi connectivity index (χ4v) is 15.7. The average Bonchev–Trinajstić information content (AvgIpc) is 1.35. The quantitative estimate of drug-likeness (QED) is 0.0358. The summed E-state index contributed by atoms with van der Waals surface area (Å²) in [5, 5.41) is 16.7. The molecule has 7 heterocycles. The Bertz CT molecular complexity index is 4110. The van der Waals surface area contributed by atoms with Crippen molar-refractivity contribution in [3.05, 3.63) is 135 Å². The summed E-state index contributed by atoms with van der Waals surface area (Å²) in [6.07, 6.45) is -0.242. The molecule has 0 radical (unpaired) electrons. The number of rotatable bonds is 25. The Labute approximate surface area is 608 Å². The lowest BCUT2D eigenvalue weighted by Crippen LogP contribution is -2.57. The number of alkyl halides is 3. The molecule has 103 heavy (non-hydrogen) atoms. The van der Waals surface area contributed by atoms with E-state index in [9.17, 15) is 24.3 Å². The van der Waals surface area contributed by atoms with Gasteiger partial charge in [-0.25, -0.2) is 19.2 Å². The van der Waals surface area contributed by atoms with Crippen molar-refractivity contribution >= 4 is 69.3 Å². The van der Waals surface area contributed by atoms with Gasteiger partial charge in [-0.3, -0.25) is 24.2 Å². The van der Waals surface area contributed by atoms with E-state index < -0.39 is 70.0 Å². The Kier molecular flexibility index (Phi) is 23.5. The fraction of sp³-hybridized carbons (Fsp3) is 0.506. The first-order valence-electron chi connectivity index (χ1n) is 35.5. The van der Waals surface area contributed by atoms with Gasteiger partial charge in [0.2, 0.25) is 17.7 Å². The van der Waals surface area contributed by atoms with Crippen molar-refractivity contribution in [2.75, 3.05) is 63.4 Å². The average molecular weight is 1460 g/mol. The number of hydrogen-bond donors (Lipinski definition) is 3. The van der Waals surface area contributed by atoms with Crippen LogP contribution in [0.5, 0.6) is 17.5 Å². The molecule has 4 aromatic carbocycles. The number of pyridine rings is 1. The number of aryl methyl sites for hydroxylation is 2. The minimum absolute atomic E-state index is 0.0405. The van der Waals surface area contributed by atoms with E-state index in [1.54, 1.807) is 54.7 Å². The lowest BCUT2D eigenvalue weighted by atomic mass is 9.85. The predicted octanol–water partition coefficient (Wildman–Crippen LogP) is 14.2. The molecule has 4 saturated heterocycles. The van der Waals surface area contributed by atoms with Crippen LogP contribution in [0.25, 0.3) is 32.6 Å². The molecule has 0 saturated carbocycles. The van der Waals surface area contributed by atoms with Crippen LogP contribution in [0, 0.1) is 25.1 Å². The highest BCUT2D eigenvalue weighted by atomic mass is 35.5. The smallest absolute Gasteiger partial charge is 0.418 e. The summed E-state index contributed by atoms with van der Waals surface area (Å²) < 4.78 is 88.5. The Balaban J connectivity index is 0.779. The van der Waals surface area contributed by atoms with E-state index in [0.29, 0.717) is 37.3 Å². The number of hydrogen-bond acceptors (Lipinski definition) is 17. The van der Waals surface area contributed by atoms with Crippen LogP contribution >= 0.6 is 22.9 Å². The zero-order chi connectivity index (χ0) is 73.8. The second kappa shape index (κ2) is 31.9. The number of piperazine rings is 1. The predicted molar refractivity (Wildman–Crippen MR) is 390 cm³/mol. The van der Waals surface area contributed by atoms with Gasteiger partial charge in [-0.2, -0.15) is 23.1 Å². The zero-order valence-electron chi connectivity index (χ0n) is 60.5. The van der Waals surface area contributed by atoms with Crippen LogP contribution < -0.4 is 34.6 Å². The number of carbonyl (C=O) groups excluding carboxylic acids is 4. The summed E-state index contributed by atoms with van der Waals surface area (Å²) in [5.74, 6) is -0.644. The topological polar surface area (TPSA) is 217 Å². The summed E-state index contributed by atoms with van der Waals surface area (Å²) >= 11 is 8.72. The Morgan fingerprint density at radius 3 is 2.04 bits per heavy atom. The number of halogens is 5. The molecule has 3 N–H and O–H groups in total. The molecule has 4 aliphatic heterocycles. The molecule has 7 atom stereocenters. The van der Waals surface area contributed by atoms with Crippen LogP contribution in [0.2, 0.25) is 5.02 Å².